The Kier molecular flexibility index (Phi) is 6.76. The molecule has 0 bridgehead atoms. The van der Waals surface area contributed by atoms with E-state index in [-0.39, 0.29) is 5.57 Å². The monoisotopic (exact) mass is 296 g/mol. The molecule has 1 unspecified atom stereocenters. The van der Waals surface area contributed by atoms with Gasteiger partial charge in [-0.2, -0.15) is 0 Å². The van der Waals surface area contributed by atoms with Gasteiger partial charge in [0.2, 0.25) is 0 Å². The molecule has 116 valence electrons. The molecule has 0 radical (unpaired) electrons. The molecule has 0 saturated heterocycles. The van der Waals surface area contributed by atoms with Gasteiger partial charge in [-0.25, -0.2) is 13.2 Å². The third kappa shape index (κ3) is 3.32. The molecule has 0 aliphatic carbocycles. The molecule has 0 aromatic rings. The number of halogens is 3. The summed E-state index contributed by atoms with van der Waals surface area (Å²) in [5.74, 6) is 1.40. The van der Waals surface area contributed by atoms with Crippen LogP contribution in [0.5, 0.6) is 0 Å². The minimum atomic E-state index is -3.45. The molecule has 0 aromatic heterocycles. The maximum absolute atomic E-state index is 15.5. The fourth-order valence-electron chi connectivity index (χ4n) is 2.53. The highest BCUT2D eigenvalue weighted by Gasteiger charge is 2.64. The molecular weight excluding hydrogens is 273 g/mol. The normalized spacial score (nSPS) is 17.9. The summed E-state index contributed by atoms with van der Waals surface area (Å²) in [4.78, 5) is 0. The summed E-state index contributed by atoms with van der Waals surface area (Å²) in [5.41, 5.74) is -4.83. The van der Waals surface area contributed by atoms with Crippen molar-refractivity contribution in [1.29, 1.82) is 0 Å². The largest absolute Gasteiger partial charge is 0.275 e. The zero-order valence-electron chi connectivity index (χ0n) is 13.1. The first kappa shape index (κ1) is 19.3. The van der Waals surface area contributed by atoms with Crippen LogP contribution in [0.15, 0.2) is 49.1 Å². The summed E-state index contributed by atoms with van der Waals surface area (Å²) < 4.78 is 45.1. The molecule has 0 aliphatic rings. The SMILES string of the molecule is C=CCC(F)(F)C(C#CC)(C(=C)C)C(F)(C=CC)C=CC. The Morgan fingerprint density at radius 2 is 1.62 bits per heavy atom. The minimum Gasteiger partial charge on any atom is -0.232 e. The lowest BCUT2D eigenvalue weighted by atomic mass is 9.63. The highest BCUT2D eigenvalue weighted by Crippen LogP contribution is 2.54. The molecule has 1 atom stereocenters. The Labute approximate surface area is 126 Å². The van der Waals surface area contributed by atoms with E-state index in [2.05, 4.69) is 25.0 Å². The molecule has 0 spiro atoms. The van der Waals surface area contributed by atoms with E-state index in [0.717, 1.165) is 18.2 Å². The summed E-state index contributed by atoms with van der Waals surface area (Å²) >= 11 is 0. The fourth-order valence-corrected chi connectivity index (χ4v) is 2.53. The maximum atomic E-state index is 15.5. The average molecular weight is 296 g/mol. The Hall–Kier alpha value is -1.69. The van der Waals surface area contributed by atoms with Crippen LogP contribution in [-0.2, 0) is 0 Å². The molecule has 0 rings (SSSR count). The summed E-state index contributed by atoms with van der Waals surface area (Å²) in [5, 5.41) is 0. The second kappa shape index (κ2) is 7.36. The first-order valence-electron chi connectivity index (χ1n) is 6.74. The van der Waals surface area contributed by atoms with Crippen LogP contribution in [0, 0.1) is 17.3 Å². The zero-order valence-corrected chi connectivity index (χ0v) is 13.1. The van der Waals surface area contributed by atoms with Gasteiger partial charge in [0, 0.05) is 6.42 Å². The van der Waals surface area contributed by atoms with E-state index in [9.17, 15) is 8.78 Å². The Morgan fingerprint density at radius 3 is 1.90 bits per heavy atom. The molecule has 0 saturated carbocycles. The van der Waals surface area contributed by atoms with Gasteiger partial charge >= 0.3 is 0 Å². The van der Waals surface area contributed by atoms with Gasteiger partial charge < -0.3 is 0 Å². The molecular formula is C18H23F3. The second-order valence-electron chi connectivity index (χ2n) is 4.87. The van der Waals surface area contributed by atoms with Crippen LogP contribution in [0.2, 0.25) is 0 Å². The molecule has 0 aromatic carbocycles. The molecule has 0 N–H and O–H groups in total. The summed E-state index contributed by atoms with van der Waals surface area (Å²) in [6, 6.07) is 0. The smallest absolute Gasteiger partial charge is 0.232 e. The summed E-state index contributed by atoms with van der Waals surface area (Å²) in [6.45, 7) is 12.9. The van der Waals surface area contributed by atoms with Gasteiger partial charge in [0.25, 0.3) is 5.92 Å². The van der Waals surface area contributed by atoms with Crippen molar-refractivity contribution in [3.05, 3.63) is 49.1 Å². The Morgan fingerprint density at radius 1 is 1.14 bits per heavy atom. The molecule has 0 fully saturated rings. The van der Waals surface area contributed by atoms with Gasteiger partial charge in [-0.3, -0.25) is 0 Å². The first-order chi connectivity index (χ1) is 9.69. The third-order valence-corrected chi connectivity index (χ3v) is 3.30. The van der Waals surface area contributed by atoms with E-state index in [1.165, 1.54) is 26.0 Å². The van der Waals surface area contributed by atoms with Gasteiger partial charge in [-0.15, -0.1) is 12.5 Å². The van der Waals surface area contributed by atoms with Crippen molar-refractivity contribution >= 4 is 0 Å². The minimum absolute atomic E-state index is 0.0256. The second-order valence-corrected chi connectivity index (χ2v) is 4.87. The van der Waals surface area contributed by atoms with Crippen molar-refractivity contribution in [2.75, 3.05) is 0 Å². The summed E-state index contributed by atoms with van der Waals surface area (Å²) in [6.07, 6.45) is 5.39. The van der Waals surface area contributed by atoms with Crippen LogP contribution in [0.25, 0.3) is 0 Å². The number of allylic oxidation sites excluding steroid dienone is 6. The van der Waals surface area contributed by atoms with Crippen LogP contribution in [0.1, 0.15) is 34.1 Å². The van der Waals surface area contributed by atoms with Crippen molar-refractivity contribution in [3.63, 3.8) is 0 Å². The topological polar surface area (TPSA) is 0 Å². The van der Waals surface area contributed by atoms with Crippen molar-refractivity contribution in [3.8, 4) is 11.8 Å². The Bertz CT molecular complexity index is 488. The first-order valence-corrected chi connectivity index (χ1v) is 6.74. The predicted octanol–water partition coefficient (Wildman–Crippen LogP) is 5.64. The van der Waals surface area contributed by atoms with E-state index in [0.29, 0.717) is 0 Å². The van der Waals surface area contributed by atoms with E-state index in [1.807, 2.05) is 0 Å². The highest BCUT2D eigenvalue weighted by molar-refractivity contribution is 5.42. The van der Waals surface area contributed by atoms with Crippen molar-refractivity contribution in [2.24, 2.45) is 5.41 Å². The fraction of sp³-hybridized carbons (Fsp3) is 0.444. The van der Waals surface area contributed by atoms with Crippen molar-refractivity contribution < 1.29 is 13.2 Å². The highest BCUT2D eigenvalue weighted by atomic mass is 19.3. The van der Waals surface area contributed by atoms with Crippen molar-refractivity contribution in [2.45, 2.75) is 45.7 Å². The maximum Gasteiger partial charge on any atom is 0.275 e. The van der Waals surface area contributed by atoms with Gasteiger partial charge in [-0.05, 0) is 39.8 Å². The van der Waals surface area contributed by atoms with E-state index in [1.54, 1.807) is 13.8 Å². The molecule has 0 amide bonds. The Balaban J connectivity index is 6.70. The average Bonchev–Trinajstić information content (AvgIpc) is 2.35. The zero-order chi connectivity index (χ0) is 16.7. The standard InChI is InChI=1S/C18H23F3/c1-7-11-16(19,12-8-2)17(13-9-3,15(5)6)18(20,21)14-10-4/h7-8,10-12H,4-5,14H2,1-3,6H3. The molecule has 0 nitrogen and oxygen atoms in total. The number of hydrogen-bond acceptors (Lipinski definition) is 0. The van der Waals surface area contributed by atoms with Crippen LogP contribution in [0.3, 0.4) is 0 Å². The molecule has 0 heterocycles. The van der Waals surface area contributed by atoms with Gasteiger partial charge in [-0.1, -0.05) is 36.3 Å². The number of alkyl halides is 3. The van der Waals surface area contributed by atoms with Gasteiger partial charge in [0.1, 0.15) is 0 Å². The number of rotatable bonds is 7. The van der Waals surface area contributed by atoms with Crippen LogP contribution in [-0.4, -0.2) is 11.6 Å². The van der Waals surface area contributed by atoms with E-state index in [4.69, 9.17) is 0 Å². The van der Waals surface area contributed by atoms with E-state index >= 15 is 4.39 Å². The predicted molar refractivity (Wildman–Crippen MR) is 83.9 cm³/mol. The van der Waals surface area contributed by atoms with Crippen LogP contribution in [0.4, 0.5) is 13.2 Å². The summed E-state index contributed by atoms with van der Waals surface area (Å²) in [7, 11) is 0. The molecule has 3 heteroatoms. The van der Waals surface area contributed by atoms with Crippen molar-refractivity contribution in [1.82, 2.24) is 0 Å². The van der Waals surface area contributed by atoms with Gasteiger partial charge in [0.15, 0.2) is 11.1 Å². The van der Waals surface area contributed by atoms with E-state index < -0.39 is 23.4 Å². The lowest BCUT2D eigenvalue weighted by molar-refractivity contribution is -0.113. The molecule has 21 heavy (non-hydrogen) atoms. The van der Waals surface area contributed by atoms with Crippen LogP contribution >= 0.6 is 0 Å². The van der Waals surface area contributed by atoms with Crippen LogP contribution < -0.4 is 0 Å². The number of hydrogen-bond donors (Lipinski definition) is 0. The third-order valence-electron chi connectivity index (χ3n) is 3.30. The van der Waals surface area contributed by atoms with Gasteiger partial charge in [0.05, 0.1) is 0 Å². The molecule has 0 aliphatic heterocycles. The lowest BCUT2D eigenvalue weighted by Gasteiger charge is -2.44. The lowest BCUT2D eigenvalue weighted by Crippen LogP contribution is -2.54. The quantitative estimate of drug-likeness (QED) is 0.421.